The molecule has 22 heavy (non-hydrogen) atoms. The molecular formula is C15H21BrFNO3S. The largest absolute Gasteiger partial charge is 0.598 e. The molecule has 0 amide bonds. The van der Waals surface area contributed by atoms with Gasteiger partial charge in [-0.05, 0) is 61.3 Å². The Morgan fingerprint density at radius 1 is 1.41 bits per heavy atom. The fraction of sp³-hybridized carbons (Fsp3) is 0.533. The van der Waals surface area contributed by atoms with Gasteiger partial charge in [-0.1, -0.05) is 6.07 Å². The first kappa shape index (κ1) is 19.4. The molecule has 1 aromatic rings. The Morgan fingerprint density at radius 3 is 2.45 bits per heavy atom. The van der Waals surface area contributed by atoms with E-state index in [0.29, 0.717) is 5.56 Å². The summed E-state index contributed by atoms with van der Waals surface area (Å²) in [6, 6.07) is 4.44. The van der Waals surface area contributed by atoms with Crippen LogP contribution in [0.4, 0.5) is 4.39 Å². The van der Waals surface area contributed by atoms with Gasteiger partial charge in [-0.3, -0.25) is 4.79 Å². The summed E-state index contributed by atoms with van der Waals surface area (Å²) < 4.78 is 33.4. The molecule has 0 heterocycles. The molecule has 1 N–H and O–H groups in total. The number of carbonyl (C=O) groups is 1. The highest BCUT2D eigenvalue weighted by molar-refractivity contribution is 9.10. The van der Waals surface area contributed by atoms with Gasteiger partial charge in [-0.2, -0.15) is 0 Å². The number of methoxy groups -OCH3 is 1. The van der Waals surface area contributed by atoms with Crippen molar-refractivity contribution in [2.75, 3.05) is 7.11 Å². The van der Waals surface area contributed by atoms with Gasteiger partial charge in [-0.25, -0.2) is 4.39 Å². The predicted octanol–water partition coefficient (Wildman–Crippen LogP) is 3.42. The van der Waals surface area contributed by atoms with Gasteiger partial charge in [0.2, 0.25) is 0 Å². The third-order valence-corrected chi connectivity index (χ3v) is 5.51. The number of halogens is 2. The monoisotopic (exact) mass is 393 g/mol. The Hall–Kier alpha value is -0.630. The van der Waals surface area contributed by atoms with Crippen LogP contribution in [0.15, 0.2) is 22.7 Å². The summed E-state index contributed by atoms with van der Waals surface area (Å²) in [4.78, 5) is 11.7. The number of rotatable bonds is 5. The van der Waals surface area contributed by atoms with Crippen LogP contribution in [-0.2, 0) is 26.4 Å². The first-order valence-electron chi connectivity index (χ1n) is 6.71. The third-order valence-electron chi connectivity index (χ3n) is 3.16. The fourth-order valence-electron chi connectivity index (χ4n) is 1.75. The lowest BCUT2D eigenvalue weighted by Gasteiger charge is -2.34. The van der Waals surface area contributed by atoms with E-state index in [-0.39, 0.29) is 10.9 Å². The van der Waals surface area contributed by atoms with E-state index in [9.17, 15) is 13.7 Å². The number of nitrogens with one attached hydrogen (secondary N) is 1. The Balaban J connectivity index is 3.20. The maximum Gasteiger partial charge on any atom is 0.307 e. The molecule has 0 saturated carbocycles. The van der Waals surface area contributed by atoms with Crippen LogP contribution < -0.4 is 4.72 Å². The minimum absolute atomic E-state index is 0.0244. The molecule has 124 valence electrons. The fourth-order valence-corrected chi connectivity index (χ4v) is 3.04. The number of ether oxygens (including phenoxy) is 1. The molecule has 0 saturated heterocycles. The Bertz CT molecular complexity index is 550. The van der Waals surface area contributed by atoms with Gasteiger partial charge in [-0.15, -0.1) is 4.72 Å². The second kappa shape index (κ2) is 7.29. The van der Waals surface area contributed by atoms with E-state index >= 15 is 0 Å². The van der Waals surface area contributed by atoms with E-state index in [1.165, 1.54) is 13.2 Å². The zero-order valence-corrected chi connectivity index (χ0v) is 15.7. The maximum absolute atomic E-state index is 13.4. The molecule has 0 radical (unpaired) electrons. The highest BCUT2D eigenvalue weighted by atomic mass is 79.9. The van der Waals surface area contributed by atoms with Gasteiger partial charge >= 0.3 is 5.97 Å². The van der Waals surface area contributed by atoms with Crippen molar-refractivity contribution in [2.24, 2.45) is 0 Å². The molecule has 1 aromatic carbocycles. The molecule has 0 aromatic heterocycles. The summed E-state index contributed by atoms with van der Waals surface area (Å²) in [7, 11) is 1.30. The summed E-state index contributed by atoms with van der Waals surface area (Å²) in [5.41, 5.74) is -0.301. The molecule has 7 heteroatoms. The molecule has 0 aliphatic heterocycles. The van der Waals surface area contributed by atoms with Crippen molar-refractivity contribution < 1.29 is 18.5 Å². The summed E-state index contributed by atoms with van der Waals surface area (Å²) in [5.74, 6) is -0.845. The van der Waals surface area contributed by atoms with Crippen molar-refractivity contribution in [2.45, 2.75) is 44.4 Å². The van der Waals surface area contributed by atoms with E-state index < -0.39 is 33.4 Å². The number of carbonyl (C=O) groups excluding carboxylic acids is 1. The predicted molar refractivity (Wildman–Crippen MR) is 89.1 cm³/mol. The van der Waals surface area contributed by atoms with Crippen molar-refractivity contribution in [1.82, 2.24) is 4.72 Å². The molecule has 0 bridgehead atoms. The van der Waals surface area contributed by atoms with Crippen molar-refractivity contribution in [3.63, 3.8) is 0 Å². The van der Waals surface area contributed by atoms with Crippen LogP contribution in [0.2, 0.25) is 0 Å². The molecule has 0 aliphatic carbocycles. The first-order chi connectivity index (χ1) is 9.99. The smallest absolute Gasteiger partial charge is 0.307 e. The number of esters is 1. The summed E-state index contributed by atoms with van der Waals surface area (Å²) in [6.07, 6.45) is -0.0244. The SMILES string of the molecule is COC(=O)C[C@](C)(N[S@+]([O-])C(C)(C)C)c1ccc(F)c(Br)c1. The van der Waals surface area contributed by atoms with Gasteiger partial charge in [0.25, 0.3) is 0 Å². The maximum atomic E-state index is 13.4. The van der Waals surface area contributed by atoms with Crippen molar-refractivity contribution in [3.8, 4) is 0 Å². The van der Waals surface area contributed by atoms with Crippen LogP contribution in [-0.4, -0.2) is 22.4 Å². The molecule has 4 nitrogen and oxygen atoms in total. The van der Waals surface area contributed by atoms with Crippen LogP contribution in [0.25, 0.3) is 0 Å². The molecule has 0 spiro atoms. The summed E-state index contributed by atoms with van der Waals surface area (Å²) in [6.45, 7) is 7.23. The second-order valence-corrected chi connectivity index (χ2v) is 9.02. The van der Waals surface area contributed by atoms with E-state index in [2.05, 4.69) is 20.7 Å². The lowest BCUT2D eigenvalue weighted by Crippen LogP contribution is -2.51. The van der Waals surface area contributed by atoms with Crippen LogP contribution in [0.5, 0.6) is 0 Å². The van der Waals surface area contributed by atoms with Crippen LogP contribution >= 0.6 is 15.9 Å². The van der Waals surface area contributed by atoms with Crippen molar-refractivity contribution in [3.05, 3.63) is 34.1 Å². The average molecular weight is 394 g/mol. The highest BCUT2D eigenvalue weighted by Crippen LogP contribution is 2.31. The lowest BCUT2D eigenvalue weighted by molar-refractivity contribution is -0.142. The second-order valence-electron chi connectivity index (χ2n) is 6.20. The van der Waals surface area contributed by atoms with Gasteiger partial charge in [0, 0.05) is 11.4 Å². The van der Waals surface area contributed by atoms with Crippen LogP contribution in [0.1, 0.15) is 39.7 Å². The Morgan fingerprint density at radius 2 is 2.00 bits per heavy atom. The zero-order chi connectivity index (χ0) is 17.1. The van der Waals surface area contributed by atoms with Crippen LogP contribution in [0, 0.1) is 5.82 Å². The molecular weight excluding hydrogens is 373 g/mol. The lowest BCUT2D eigenvalue weighted by atomic mass is 9.90. The molecule has 0 aliphatic rings. The van der Waals surface area contributed by atoms with Crippen LogP contribution in [0.3, 0.4) is 0 Å². The highest BCUT2D eigenvalue weighted by Gasteiger charge is 2.39. The van der Waals surface area contributed by atoms with E-state index in [4.69, 9.17) is 4.74 Å². The molecule has 0 unspecified atom stereocenters. The molecule has 1 rings (SSSR count). The summed E-state index contributed by atoms with van der Waals surface area (Å²) >= 11 is 1.73. The minimum atomic E-state index is -1.40. The topological polar surface area (TPSA) is 61.4 Å². The minimum Gasteiger partial charge on any atom is -0.598 e. The third kappa shape index (κ3) is 4.94. The number of benzene rings is 1. The van der Waals surface area contributed by atoms with E-state index in [1.54, 1.807) is 19.1 Å². The van der Waals surface area contributed by atoms with Crippen molar-refractivity contribution >= 4 is 33.3 Å². The number of hydrogen-bond acceptors (Lipinski definition) is 4. The van der Waals surface area contributed by atoms with E-state index in [0.717, 1.165) is 0 Å². The van der Waals surface area contributed by atoms with Gasteiger partial charge in [0.15, 0.2) is 0 Å². The zero-order valence-electron chi connectivity index (χ0n) is 13.3. The molecule has 0 fully saturated rings. The molecule has 2 atom stereocenters. The Labute approximate surface area is 142 Å². The normalized spacial score (nSPS) is 16.0. The van der Waals surface area contributed by atoms with Gasteiger partial charge in [0.1, 0.15) is 10.6 Å². The first-order valence-corrected chi connectivity index (χ1v) is 8.66. The summed E-state index contributed by atoms with van der Waals surface area (Å²) in [5, 5.41) is 0. The number of hydrogen-bond donors (Lipinski definition) is 1. The average Bonchev–Trinajstić information content (AvgIpc) is 2.40. The van der Waals surface area contributed by atoms with Gasteiger partial charge in [0.05, 0.1) is 23.5 Å². The quantitative estimate of drug-likeness (QED) is 0.614. The van der Waals surface area contributed by atoms with Crippen molar-refractivity contribution in [1.29, 1.82) is 0 Å². The van der Waals surface area contributed by atoms with E-state index in [1.807, 2.05) is 20.8 Å². The van der Waals surface area contributed by atoms with Gasteiger partial charge < -0.3 is 9.29 Å². The standard InChI is InChI=1S/C15H21BrFNO3S/c1-14(2,3)22(20)18-15(4,9-13(19)21-5)10-6-7-12(17)11(16)8-10/h6-8,18H,9H2,1-5H3/t15-,22+/m0/s1. The Kier molecular flexibility index (Phi) is 6.44.